The highest BCUT2D eigenvalue weighted by Crippen LogP contribution is 2.25. The average molecular weight is 276 g/mol. The fourth-order valence-electron chi connectivity index (χ4n) is 1.78. The zero-order chi connectivity index (χ0) is 12.5. The van der Waals surface area contributed by atoms with E-state index in [1.165, 1.54) is 0 Å². The number of rotatable bonds is 4. The molecule has 1 N–H and O–H groups in total. The van der Waals surface area contributed by atoms with Crippen LogP contribution in [0.2, 0.25) is 0 Å². The largest absolute Gasteiger partial charge is 0.479 e. The van der Waals surface area contributed by atoms with Crippen molar-refractivity contribution in [2.24, 2.45) is 0 Å². The van der Waals surface area contributed by atoms with Crippen molar-refractivity contribution in [2.75, 3.05) is 5.75 Å². The normalized spacial score (nSPS) is 24.9. The van der Waals surface area contributed by atoms with Crippen molar-refractivity contribution >= 4 is 27.1 Å². The minimum Gasteiger partial charge on any atom is -0.479 e. The minimum atomic E-state index is -3.35. The van der Waals surface area contributed by atoms with Gasteiger partial charge >= 0.3 is 5.97 Å². The van der Waals surface area contributed by atoms with Gasteiger partial charge in [-0.3, -0.25) is 0 Å². The molecule has 1 aliphatic rings. The van der Waals surface area contributed by atoms with Crippen molar-refractivity contribution in [3.05, 3.63) is 17.5 Å². The number of hydrogen-bond acceptors (Lipinski definition) is 5. The summed E-state index contributed by atoms with van der Waals surface area (Å²) in [7, 11) is -3.35. The maximum Gasteiger partial charge on any atom is 0.332 e. The quantitative estimate of drug-likeness (QED) is 0.892. The van der Waals surface area contributed by atoms with Crippen molar-refractivity contribution in [2.45, 2.75) is 29.3 Å². The lowest BCUT2D eigenvalue weighted by Crippen LogP contribution is -2.24. The molecule has 1 aliphatic heterocycles. The van der Waals surface area contributed by atoms with Crippen LogP contribution in [0, 0.1) is 0 Å². The third kappa shape index (κ3) is 2.85. The van der Waals surface area contributed by atoms with E-state index >= 15 is 0 Å². The smallest absolute Gasteiger partial charge is 0.332 e. The molecule has 0 aromatic carbocycles. The molecule has 17 heavy (non-hydrogen) atoms. The Morgan fingerprint density at radius 1 is 1.53 bits per heavy atom. The maximum atomic E-state index is 11.9. The molecular weight excluding hydrogens is 264 g/mol. The van der Waals surface area contributed by atoms with Crippen molar-refractivity contribution in [1.82, 2.24) is 0 Å². The van der Waals surface area contributed by atoms with Crippen LogP contribution in [0.25, 0.3) is 0 Å². The molecule has 1 saturated heterocycles. The second-order valence-electron chi connectivity index (χ2n) is 3.88. The molecule has 0 radical (unpaired) electrons. The summed E-state index contributed by atoms with van der Waals surface area (Å²) in [5, 5.41) is 10.4. The molecule has 2 heterocycles. The Hall–Kier alpha value is -0.920. The molecule has 1 fully saturated rings. The average Bonchev–Trinajstić information content (AvgIpc) is 2.85. The lowest BCUT2D eigenvalue weighted by atomic mass is 10.2. The van der Waals surface area contributed by atoms with Crippen LogP contribution < -0.4 is 0 Å². The van der Waals surface area contributed by atoms with Crippen LogP contribution >= 0.6 is 11.3 Å². The zero-order valence-corrected chi connectivity index (χ0v) is 10.5. The van der Waals surface area contributed by atoms with Gasteiger partial charge in [0.1, 0.15) is 4.21 Å². The summed E-state index contributed by atoms with van der Waals surface area (Å²) in [6, 6.07) is 3.22. The molecule has 0 spiro atoms. The van der Waals surface area contributed by atoms with Crippen LogP contribution in [0.5, 0.6) is 0 Å². The van der Waals surface area contributed by atoms with Gasteiger partial charge in [0.2, 0.25) is 0 Å². The molecule has 2 rings (SSSR count). The van der Waals surface area contributed by atoms with Gasteiger partial charge in [0.05, 0.1) is 11.9 Å². The van der Waals surface area contributed by atoms with Gasteiger partial charge < -0.3 is 9.84 Å². The van der Waals surface area contributed by atoms with E-state index in [-0.39, 0.29) is 5.75 Å². The highest BCUT2D eigenvalue weighted by Gasteiger charge is 2.33. The molecule has 0 amide bonds. The van der Waals surface area contributed by atoms with Crippen molar-refractivity contribution in [3.63, 3.8) is 0 Å². The molecule has 0 aliphatic carbocycles. The lowest BCUT2D eigenvalue weighted by molar-refractivity contribution is -0.148. The number of aliphatic carboxylic acids is 1. The van der Waals surface area contributed by atoms with Gasteiger partial charge in [0.25, 0.3) is 0 Å². The van der Waals surface area contributed by atoms with Gasteiger partial charge in [-0.25, -0.2) is 13.2 Å². The molecular formula is C10H12O5S2. The molecule has 1 aromatic rings. The number of sulfone groups is 1. The van der Waals surface area contributed by atoms with E-state index in [0.717, 1.165) is 11.3 Å². The monoisotopic (exact) mass is 276 g/mol. The van der Waals surface area contributed by atoms with Gasteiger partial charge in [0.15, 0.2) is 15.9 Å². The predicted octanol–water partition coefficient (Wildman–Crippen LogP) is 1.15. The summed E-state index contributed by atoms with van der Waals surface area (Å²) in [5.74, 6) is -1.17. The first kappa shape index (κ1) is 12.5. The first-order valence-electron chi connectivity index (χ1n) is 5.13. The predicted molar refractivity (Wildman–Crippen MR) is 61.9 cm³/mol. The topological polar surface area (TPSA) is 80.7 Å². The molecule has 1 aromatic heterocycles. The maximum absolute atomic E-state index is 11.9. The van der Waals surface area contributed by atoms with E-state index in [9.17, 15) is 13.2 Å². The highest BCUT2D eigenvalue weighted by atomic mass is 32.2. The summed E-state index contributed by atoms with van der Waals surface area (Å²) in [6.45, 7) is 0. The Labute approximate surface area is 103 Å². The zero-order valence-electron chi connectivity index (χ0n) is 8.90. The number of thiophene rings is 1. The molecule has 0 saturated carbocycles. The standard InChI is InChI=1S/C10H12O5S2/c11-10(12)8-4-3-7(15-8)6-17(13,14)9-2-1-5-16-9/h1-2,5,7-8H,3-4,6H2,(H,11,12). The van der Waals surface area contributed by atoms with Crippen molar-refractivity contribution in [1.29, 1.82) is 0 Å². The Kier molecular flexibility index (Phi) is 3.50. The lowest BCUT2D eigenvalue weighted by Gasteiger charge is -2.10. The second kappa shape index (κ2) is 4.75. The SMILES string of the molecule is O=C(O)C1CCC(CS(=O)(=O)c2cccs2)O1. The molecule has 7 heteroatoms. The van der Waals surface area contributed by atoms with Gasteiger partial charge in [-0.2, -0.15) is 0 Å². The molecule has 5 nitrogen and oxygen atoms in total. The van der Waals surface area contributed by atoms with Gasteiger partial charge in [-0.15, -0.1) is 11.3 Å². The summed E-state index contributed by atoms with van der Waals surface area (Å²) in [6.07, 6.45) is -0.525. The second-order valence-corrected chi connectivity index (χ2v) is 7.08. The fraction of sp³-hybridized carbons (Fsp3) is 0.500. The summed E-state index contributed by atoms with van der Waals surface area (Å²) in [4.78, 5) is 10.7. The Morgan fingerprint density at radius 3 is 2.82 bits per heavy atom. The third-order valence-corrected chi connectivity index (χ3v) is 5.86. The first-order chi connectivity index (χ1) is 7.99. The molecule has 2 atom stereocenters. The number of carboxylic acid groups (broad SMARTS) is 1. The van der Waals surface area contributed by atoms with Crippen LogP contribution in [0.15, 0.2) is 21.7 Å². The molecule has 2 unspecified atom stereocenters. The Balaban J connectivity index is 2.01. The number of carbonyl (C=O) groups is 1. The number of ether oxygens (including phenoxy) is 1. The van der Waals surface area contributed by atoms with Crippen LogP contribution in [0.1, 0.15) is 12.8 Å². The van der Waals surface area contributed by atoms with Crippen LogP contribution in [-0.2, 0) is 19.4 Å². The number of carboxylic acids is 1. The van der Waals surface area contributed by atoms with E-state index in [2.05, 4.69) is 0 Å². The van der Waals surface area contributed by atoms with E-state index in [4.69, 9.17) is 9.84 Å². The Bertz CT molecular complexity index is 491. The minimum absolute atomic E-state index is 0.142. The number of hydrogen-bond donors (Lipinski definition) is 1. The fourth-order valence-corrected chi connectivity index (χ4v) is 4.37. The van der Waals surface area contributed by atoms with Gasteiger partial charge in [-0.1, -0.05) is 6.07 Å². The van der Waals surface area contributed by atoms with E-state index < -0.39 is 28.0 Å². The summed E-state index contributed by atoms with van der Waals surface area (Å²) in [5.41, 5.74) is 0. The van der Waals surface area contributed by atoms with E-state index in [0.29, 0.717) is 17.1 Å². The van der Waals surface area contributed by atoms with Crippen molar-refractivity contribution < 1.29 is 23.1 Å². The highest BCUT2D eigenvalue weighted by molar-refractivity contribution is 7.93. The van der Waals surface area contributed by atoms with E-state index in [1.54, 1.807) is 17.5 Å². The van der Waals surface area contributed by atoms with Crippen molar-refractivity contribution in [3.8, 4) is 0 Å². The van der Waals surface area contributed by atoms with Crippen LogP contribution in [-0.4, -0.2) is 37.5 Å². The van der Waals surface area contributed by atoms with Gasteiger partial charge in [-0.05, 0) is 24.3 Å². The summed E-state index contributed by atoms with van der Waals surface area (Å²) >= 11 is 1.16. The van der Waals surface area contributed by atoms with Crippen LogP contribution in [0.4, 0.5) is 0 Å². The van der Waals surface area contributed by atoms with E-state index in [1.807, 2.05) is 0 Å². The van der Waals surface area contributed by atoms with Gasteiger partial charge in [0, 0.05) is 0 Å². The van der Waals surface area contributed by atoms with Crippen LogP contribution in [0.3, 0.4) is 0 Å². The first-order valence-corrected chi connectivity index (χ1v) is 7.67. The Morgan fingerprint density at radius 2 is 2.29 bits per heavy atom. The summed E-state index contributed by atoms with van der Waals surface area (Å²) < 4.78 is 29.3. The molecule has 0 bridgehead atoms. The third-order valence-electron chi connectivity index (χ3n) is 2.59. The molecule has 94 valence electrons.